The lowest BCUT2D eigenvalue weighted by atomic mass is 9.76. The summed E-state index contributed by atoms with van der Waals surface area (Å²) < 4.78 is 11.0. The Labute approximate surface area is 175 Å². The van der Waals surface area contributed by atoms with E-state index in [4.69, 9.17) is 9.47 Å². The quantitative estimate of drug-likeness (QED) is 0.745. The van der Waals surface area contributed by atoms with E-state index in [2.05, 4.69) is 47.0 Å². The molecule has 1 heterocycles. The Bertz CT molecular complexity index is 780. The first-order chi connectivity index (χ1) is 14.3. The van der Waals surface area contributed by atoms with E-state index in [9.17, 15) is 0 Å². The highest BCUT2D eigenvalue weighted by Crippen LogP contribution is 2.38. The van der Waals surface area contributed by atoms with E-state index in [0.717, 1.165) is 42.0 Å². The molecule has 2 aliphatic rings. The molecule has 1 saturated heterocycles. The fourth-order valence-electron chi connectivity index (χ4n) is 5.22. The minimum absolute atomic E-state index is 0.332. The Morgan fingerprint density at radius 2 is 1.76 bits per heavy atom. The van der Waals surface area contributed by atoms with Crippen molar-refractivity contribution in [2.75, 3.05) is 20.8 Å². The molecule has 2 N–H and O–H groups in total. The third-order valence-electron chi connectivity index (χ3n) is 6.83. The molecule has 0 amide bonds. The molecular formula is C25H34N2O2. The van der Waals surface area contributed by atoms with Gasteiger partial charge in [-0.3, -0.25) is 0 Å². The maximum atomic E-state index is 5.60. The number of rotatable bonds is 6. The maximum absolute atomic E-state index is 5.60. The van der Waals surface area contributed by atoms with Gasteiger partial charge < -0.3 is 20.1 Å². The SMILES string of the molecule is COc1ccc(OC)c(CNC2CC3CCCCC3CNC2c2ccccc2)c1. The second-order valence-electron chi connectivity index (χ2n) is 8.50. The summed E-state index contributed by atoms with van der Waals surface area (Å²) in [6.45, 7) is 1.90. The van der Waals surface area contributed by atoms with Gasteiger partial charge >= 0.3 is 0 Å². The van der Waals surface area contributed by atoms with Crippen LogP contribution in [0.4, 0.5) is 0 Å². The average molecular weight is 395 g/mol. The molecule has 1 aliphatic heterocycles. The molecule has 0 radical (unpaired) electrons. The van der Waals surface area contributed by atoms with Gasteiger partial charge in [0.05, 0.1) is 14.2 Å². The number of hydrogen-bond acceptors (Lipinski definition) is 4. The van der Waals surface area contributed by atoms with Gasteiger partial charge in [-0.25, -0.2) is 0 Å². The predicted molar refractivity (Wildman–Crippen MR) is 117 cm³/mol. The van der Waals surface area contributed by atoms with Crippen LogP contribution in [0.1, 0.15) is 49.3 Å². The maximum Gasteiger partial charge on any atom is 0.123 e. The Hall–Kier alpha value is -2.04. The van der Waals surface area contributed by atoms with Crippen molar-refractivity contribution in [3.05, 3.63) is 59.7 Å². The molecular weight excluding hydrogens is 360 g/mol. The van der Waals surface area contributed by atoms with Crippen LogP contribution in [0.2, 0.25) is 0 Å². The van der Waals surface area contributed by atoms with Crippen LogP contribution in [-0.2, 0) is 6.54 Å². The minimum atomic E-state index is 0.332. The molecule has 4 atom stereocenters. The van der Waals surface area contributed by atoms with Crippen LogP contribution in [0.3, 0.4) is 0 Å². The second kappa shape index (κ2) is 9.64. The monoisotopic (exact) mass is 394 g/mol. The van der Waals surface area contributed by atoms with Gasteiger partial charge in [-0.1, -0.05) is 49.6 Å². The van der Waals surface area contributed by atoms with Crippen LogP contribution in [0.5, 0.6) is 11.5 Å². The van der Waals surface area contributed by atoms with Gasteiger partial charge in [0.1, 0.15) is 11.5 Å². The second-order valence-corrected chi connectivity index (χ2v) is 8.50. The summed E-state index contributed by atoms with van der Waals surface area (Å²) in [5, 5.41) is 7.80. The van der Waals surface area contributed by atoms with Crippen molar-refractivity contribution in [3.63, 3.8) is 0 Å². The van der Waals surface area contributed by atoms with E-state index in [1.54, 1.807) is 14.2 Å². The first-order valence-electron chi connectivity index (χ1n) is 11.0. The van der Waals surface area contributed by atoms with Crippen LogP contribution in [0.15, 0.2) is 48.5 Å². The summed E-state index contributed by atoms with van der Waals surface area (Å²) in [4.78, 5) is 0. The Morgan fingerprint density at radius 1 is 0.966 bits per heavy atom. The van der Waals surface area contributed by atoms with Gasteiger partial charge in [0.15, 0.2) is 0 Å². The van der Waals surface area contributed by atoms with E-state index in [1.807, 2.05) is 12.1 Å². The van der Waals surface area contributed by atoms with Crippen LogP contribution in [-0.4, -0.2) is 26.8 Å². The first kappa shape index (κ1) is 20.2. The normalized spacial score (nSPS) is 27.0. The van der Waals surface area contributed by atoms with E-state index < -0.39 is 0 Å². The molecule has 4 nitrogen and oxygen atoms in total. The Kier molecular flexibility index (Phi) is 6.73. The zero-order chi connectivity index (χ0) is 20.1. The van der Waals surface area contributed by atoms with Crippen molar-refractivity contribution in [3.8, 4) is 11.5 Å². The molecule has 0 spiro atoms. The predicted octanol–water partition coefficient (Wildman–Crippen LogP) is 4.70. The lowest BCUT2D eigenvalue weighted by molar-refractivity contribution is 0.224. The molecule has 4 rings (SSSR count). The van der Waals surface area contributed by atoms with Crippen LogP contribution >= 0.6 is 0 Å². The topological polar surface area (TPSA) is 42.5 Å². The average Bonchev–Trinajstić information content (AvgIpc) is 2.97. The molecule has 2 aromatic carbocycles. The number of hydrogen-bond donors (Lipinski definition) is 2. The molecule has 4 unspecified atom stereocenters. The first-order valence-corrected chi connectivity index (χ1v) is 11.0. The molecule has 0 aromatic heterocycles. The molecule has 1 saturated carbocycles. The van der Waals surface area contributed by atoms with Crippen molar-refractivity contribution in [2.45, 2.75) is 50.7 Å². The molecule has 29 heavy (non-hydrogen) atoms. The zero-order valence-electron chi connectivity index (χ0n) is 17.7. The molecule has 2 fully saturated rings. The highest BCUT2D eigenvalue weighted by Gasteiger charge is 2.35. The Morgan fingerprint density at radius 3 is 2.52 bits per heavy atom. The van der Waals surface area contributed by atoms with Crippen LogP contribution in [0.25, 0.3) is 0 Å². The third kappa shape index (κ3) is 4.76. The summed E-state index contributed by atoms with van der Waals surface area (Å²) in [7, 11) is 3.45. The van der Waals surface area contributed by atoms with Crippen molar-refractivity contribution in [2.24, 2.45) is 11.8 Å². The van der Waals surface area contributed by atoms with Gasteiger partial charge in [0.25, 0.3) is 0 Å². The molecule has 156 valence electrons. The summed E-state index contributed by atoms with van der Waals surface area (Å²) >= 11 is 0. The lowest BCUT2D eigenvalue weighted by Gasteiger charge is -2.31. The fourth-order valence-corrected chi connectivity index (χ4v) is 5.22. The van der Waals surface area contributed by atoms with E-state index in [0.29, 0.717) is 12.1 Å². The van der Waals surface area contributed by atoms with Gasteiger partial charge in [-0.15, -0.1) is 0 Å². The Balaban J connectivity index is 1.56. The third-order valence-corrected chi connectivity index (χ3v) is 6.83. The molecule has 2 aromatic rings. The number of nitrogens with one attached hydrogen (secondary N) is 2. The van der Waals surface area contributed by atoms with E-state index in [1.165, 1.54) is 37.7 Å². The highest BCUT2D eigenvalue weighted by molar-refractivity contribution is 5.40. The lowest BCUT2D eigenvalue weighted by Crippen LogP contribution is -2.40. The van der Waals surface area contributed by atoms with Crippen LogP contribution in [0, 0.1) is 11.8 Å². The van der Waals surface area contributed by atoms with Crippen molar-refractivity contribution in [1.82, 2.24) is 10.6 Å². The van der Waals surface area contributed by atoms with E-state index in [-0.39, 0.29) is 0 Å². The van der Waals surface area contributed by atoms with Gasteiger partial charge in [0.2, 0.25) is 0 Å². The summed E-state index contributed by atoms with van der Waals surface area (Å²) in [5.41, 5.74) is 2.52. The smallest absolute Gasteiger partial charge is 0.123 e. The van der Waals surface area contributed by atoms with Crippen molar-refractivity contribution in [1.29, 1.82) is 0 Å². The van der Waals surface area contributed by atoms with Crippen LogP contribution < -0.4 is 20.1 Å². The fraction of sp³-hybridized carbons (Fsp3) is 0.520. The number of ether oxygens (including phenoxy) is 2. The largest absolute Gasteiger partial charge is 0.497 e. The molecule has 1 aliphatic carbocycles. The van der Waals surface area contributed by atoms with Gasteiger partial charge in [-0.2, -0.15) is 0 Å². The van der Waals surface area contributed by atoms with Gasteiger partial charge in [0, 0.05) is 24.2 Å². The minimum Gasteiger partial charge on any atom is -0.497 e. The molecule has 4 heteroatoms. The van der Waals surface area contributed by atoms with Crippen molar-refractivity contribution >= 4 is 0 Å². The standard InChI is InChI=1S/C25H34N2O2/c1-28-22-12-13-24(29-2)21(14-22)17-26-23-15-19-10-6-7-11-20(19)16-27-25(23)18-8-4-3-5-9-18/h3-5,8-9,12-14,19-20,23,25-27H,6-7,10-11,15-17H2,1-2H3. The van der Waals surface area contributed by atoms with Gasteiger partial charge in [-0.05, 0) is 55.0 Å². The molecule has 0 bridgehead atoms. The van der Waals surface area contributed by atoms with Crippen molar-refractivity contribution < 1.29 is 9.47 Å². The number of methoxy groups -OCH3 is 2. The number of fused-ring (bicyclic) bond motifs is 1. The summed E-state index contributed by atoms with van der Waals surface area (Å²) in [6.07, 6.45) is 6.74. The van der Waals surface area contributed by atoms with E-state index >= 15 is 0 Å². The zero-order valence-corrected chi connectivity index (χ0v) is 17.7. The summed E-state index contributed by atoms with van der Waals surface area (Å²) in [5.74, 6) is 3.41. The number of benzene rings is 2. The summed E-state index contributed by atoms with van der Waals surface area (Å²) in [6, 6.07) is 17.7. The highest BCUT2D eigenvalue weighted by atomic mass is 16.5.